The predicted octanol–water partition coefficient (Wildman–Crippen LogP) is 0.151. The van der Waals surface area contributed by atoms with Crippen LogP contribution in [-0.4, -0.2) is 54.8 Å². The van der Waals surface area contributed by atoms with Crippen molar-refractivity contribution in [2.24, 2.45) is 5.73 Å². The fourth-order valence-electron chi connectivity index (χ4n) is 1.87. The highest BCUT2D eigenvalue weighted by Gasteiger charge is 2.30. The Morgan fingerprint density at radius 1 is 1.46 bits per heavy atom. The van der Waals surface area contributed by atoms with Gasteiger partial charge in [0.25, 0.3) is 0 Å². The number of thioether (sulfide) groups is 1. The number of nitrogens with two attached hydrogens (primary N) is 1. The molecule has 2 aliphatic heterocycles. The van der Waals surface area contributed by atoms with Crippen LogP contribution in [-0.2, 0) is 4.74 Å². The van der Waals surface area contributed by atoms with Gasteiger partial charge in [-0.1, -0.05) is 0 Å². The summed E-state index contributed by atoms with van der Waals surface area (Å²) in [6, 6.07) is 0.709. The summed E-state index contributed by atoms with van der Waals surface area (Å²) in [5.41, 5.74) is 5.57. The molecule has 13 heavy (non-hydrogen) atoms. The minimum Gasteiger partial charge on any atom is -0.378 e. The monoisotopic (exact) mass is 202 g/mol. The van der Waals surface area contributed by atoms with E-state index in [0.29, 0.717) is 6.04 Å². The molecule has 0 aromatic rings. The van der Waals surface area contributed by atoms with Gasteiger partial charge >= 0.3 is 0 Å². The lowest BCUT2D eigenvalue weighted by Gasteiger charge is -2.41. The fraction of sp³-hybridized carbons (Fsp3) is 1.00. The molecule has 1 unspecified atom stereocenters. The SMILES string of the molecule is NCCC1CN(C2COC2)CCS1. The van der Waals surface area contributed by atoms with Gasteiger partial charge in [-0.15, -0.1) is 0 Å². The van der Waals surface area contributed by atoms with Gasteiger partial charge in [0.2, 0.25) is 0 Å². The highest BCUT2D eigenvalue weighted by atomic mass is 32.2. The summed E-state index contributed by atoms with van der Waals surface area (Å²) < 4.78 is 5.21. The second kappa shape index (κ2) is 4.64. The lowest BCUT2D eigenvalue weighted by Crippen LogP contribution is -2.53. The van der Waals surface area contributed by atoms with Crippen molar-refractivity contribution >= 4 is 11.8 Å². The molecule has 3 nitrogen and oxygen atoms in total. The second-order valence-corrected chi connectivity index (χ2v) is 5.16. The molecule has 4 heteroatoms. The third-order valence-electron chi connectivity index (χ3n) is 2.80. The lowest BCUT2D eigenvalue weighted by atomic mass is 10.2. The maximum atomic E-state index is 5.57. The van der Waals surface area contributed by atoms with Gasteiger partial charge in [-0.3, -0.25) is 4.90 Å². The van der Waals surface area contributed by atoms with Gasteiger partial charge in [-0.25, -0.2) is 0 Å². The molecule has 1 atom stereocenters. The van der Waals surface area contributed by atoms with Crippen molar-refractivity contribution in [3.8, 4) is 0 Å². The highest BCUT2D eigenvalue weighted by Crippen LogP contribution is 2.24. The van der Waals surface area contributed by atoms with E-state index in [1.165, 1.54) is 18.8 Å². The Balaban J connectivity index is 1.77. The molecule has 2 fully saturated rings. The van der Waals surface area contributed by atoms with Crippen LogP contribution in [0.15, 0.2) is 0 Å². The molecular formula is C9H18N2OS. The van der Waals surface area contributed by atoms with E-state index in [4.69, 9.17) is 10.5 Å². The minimum atomic E-state index is 0.709. The maximum Gasteiger partial charge on any atom is 0.0645 e. The van der Waals surface area contributed by atoms with E-state index in [0.717, 1.165) is 31.4 Å². The quantitative estimate of drug-likeness (QED) is 0.707. The van der Waals surface area contributed by atoms with Crippen LogP contribution in [0.2, 0.25) is 0 Å². The molecule has 2 rings (SSSR count). The van der Waals surface area contributed by atoms with E-state index in [-0.39, 0.29) is 0 Å². The van der Waals surface area contributed by atoms with Crippen LogP contribution in [0.4, 0.5) is 0 Å². The normalized spacial score (nSPS) is 31.6. The molecule has 0 aromatic carbocycles. The van der Waals surface area contributed by atoms with Crippen molar-refractivity contribution < 1.29 is 4.74 Å². The predicted molar refractivity (Wildman–Crippen MR) is 56.1 cm³/mol. The summed E-state index contributed by atoms with van der Waals surface area (Å²) in [6.07, 6.45) is 1.16. The largest absolute Gasteiger partial charge is 0.378 e. The Morgan fingerprint density at radius 2 is 2.31 bits per heavy atom. The van der Waals surface area contributed by atoms with E-state index < -0.39 is 0 Å². The zero-order valence-electron chi connectivity index (χ0n) is 7.95. The van der Waals surface area contributed by atoms with Crippen LogP contribution in [0.5, 0.6) is 0 Å². The van der Waals surface area contributed by atoms with Gasteiger partial charge in [-0.2, -0.15) is 11.8 Å². The topological polar surface area (TPSA) is 38.5 Å². The first-order valence-electron chi connectivity index (χ1n) is 5.03. The molecule has 0 amide bonds. The van der Waals surface area contributed by atoms with Crippen LogP contribution in [0.3, 0.4) is 0 Å². The van der Waals surface area contributed by atoms with E-state index in [2.05, 4.69) is 16.7 Å². The number of ether oxygens (including phenoxy) is 1. The molecule has 2 N–H and O–H groups in total. The lowest BCUT2D eigenvalue weighted by molar-refractivity contribution is -0.0636. The third-order valence-corrected chi connectivity index (χ3v) is 4.07. The molecule has 0 radical (unpaired) electrons. The zero-order chi connectivity index (χ0) is 9.10. The number of hydrogen-bond donors (Lipinski definition) is 1. The molecule has 2 heterocycles. The van der Waals surface area contributed by atoms with Crippen molar-refractivity contribution in [3.63, 3.8) is 0 Å². The summed E-state index contributed by atoms with van der Waals surface area (Å²) in [4.78, 5) is 2.57. The average Bonchev–Trinajstić information content (AvgIpc) is 2.02. The van der Waals surface area contributed by atoms with Gasteiger partial charge in [0, 0.05) is 24.1 Å². The van der Waals surface area contributed by atoms with E-state index in [9.17, 15) is 0 Å². The zero-order valence-corrected chi connectivity index (χ0v) is 8.76. The van der Waals surface area contributed by atoms with Crippen LogP contribution in [0, 0.1) is 0 Å². The smallest absolute Gasteiger partial charge is 0.0645 e. The third kappa shape index (κ3) is 2.37. The molecule has 2 saturated heterocycles. The van der Waals surface area contributed by atoms with Crippen LogP contribution < -0.4 is 5.73 Å². The second-order valence-electron chi connectivity index (χ2n) is 3.76. The van der Waals surface area contributed by atoms with Crippen molar-refractivity contribution in [2.45, 2.75) is 17.7 Å². The van der Waals surface area contributed by atoms with Gasteiger partial charge in [-0.05, 0) is 13.0 Å². The van der Waals surface area contributed by atoms with Gasteiger partial charge in [0.15, 0.2) is 0 Å². The fourth-order valence-corrected chi connectivity index (χ4v) is 3.14. The van der Waals surface area contributed by atoms with E-state index >= 15 is 0 Å². The Labute approximate surface area is 84.0 Å². The molecule has 0 spiro atoms. The molecule has 76 valence electrons. The van der Waals surface area contributed by atoms with E-state index in [1.54, 1.807) is 0 Å². The van der Waals surface area contributed by atoms with Gasteiger partial charge in [0.1, 0.15) is 0 Å². The van der Waals surface area contributed by atoms with Crippen molar-refractivity contribution in [3.05, 3.63) is 0 Å². The summed E-state index contributed by atoms with van der Waals surface area (Å²) in [6.45, 7) is 5.17. The molecule has 2 aliphatic rings. The summed E-state index contributed by atoms with van der Waals surface area (Å²) in [5, 5.41) is 0.763. The highest BCUT2D eigenvalue weighted by molar-refractivity contribution is 8.00. The molecule has 0 aromatic heterocycles. The number of rotatable bonds is 3. The number of hydrogen-bond acceptors (Lipinski definition) is 4. The first kappa shape index (κ1) is 9.77. The van der Waals surface area contributed by atoms with Gasteiger partial charge < -0.3 is 10.5 Å². The summed E-state index contributed by atoms with van der Waals surface area (Å²) in [7, 11) is 0. The summed E-state index contributed by atoms with van der Waals surface area (Å²) >= 11 is 2.08. The van der Waals surface area contributed by atoms with Crippen LogP contribution in [0.25, 0.3) is 0 Å². The van der Waals surface area contributed by atoms with Crippen molar-refractivity contribution in [1.82, 2.24) is 4.90 Å². The summed E-state index contributed by atoms with van der Waals surface area (Å²) in [5.74, 6) is 1.27. The Morgan fingerprint density at radius 3 is 2.92 bits per heavy atom. The van der Waals surface area contributed by atoms with Gasteiger partial charge in [0.05, 0.1) is 19.3 Å². The van der Waals surface area contributed by atoms with Crippen LogP contribution in [0.1, 0.15) is 6.42 Å². The molecule has 0 saturated carbocycles. The molecule has 0 aliphatic carbocycles. The average molecular weight is 202 g/mol. The Bertz CT molecular complexity index is 162. The molecule has 0 bridgehead atoms. The van der Waals surface area contributed by atoms with Crippen LogP contribution >= 0.6 is 11.8 Å². The number of nitrogens with zero attached hydrogens (tertiary/aromatic N) is 1. The van der Waals surface area contributed by atoms with Crippen molar-refractivity contribution in [2.75, 3.05) is 38.6 Å². The molecular weight excluding hydrogens is 184 g/mol. The Hall–Kier alpha value is 0.230. The minimum absolute atomic E-state index is 0.709. The Kier molecular flexibility index (Phi) is 3.49. The maximum absolute atomic E-state index is 5.57. The first-order valence-corrected chi connectivity index (χ1v) is 6.08. The van der Waals surface area contributed by atoms with E-state index in [1.807, 2.05) is 0 Å². The standard InChI is InChI=1S/C9H18N2OS/c10-2-1-9-5-11(3-4-13-9)8-6-12-7-8/h8-9H,1-7,10H2. The first-order chi connectivity index (χ1) is 6.40. The van der Waals surface area contributed by atoms with Crippen molar-refractivity contribution in [1.29, 1.82) is 0 Å².